The van der Waals surface area contributed by atoms with E-state index in [1.807, 2.05) is 72.8 Å². The molecule has 0 bridgehead atoms. The number of ether oxygens (including phenoxy) is 4. The molecule has 0 saturated carbocycles. The molecule has 2 fully saturated rings. The van der Waals surface area contributed by atoms with Gasteiger partial charge in [-0.25, -0.2) is 4.98 Å². The van der Waals surface area contributed by atoms with Crippen LogP contribution in [0.15, 0.2) is 79.0 Å². The molecule has 1 N–H and O–H groups in total. The van der Waals surface area contributed by atoms with Crippen LogP contribution < -0.4 is 0 Å². The summed E-state index contributed by atoms with van der Waals surface area (Å²) in [5, 5.41) is 19.2. The lowest BCUT2D eigenvalue weighted by Gasteiger charge is -2.49. The summed E-state index contributed by atoms with van der Waals surface area (Å²) in [6.45, 7) is -0.208. The number of hydrogen-bond acceptors (Lipinski definition) is 7. The van der Waals surface area contributed by atoms with Crippen molar-refractivity contribution in [3.05, 3.63) is 101 Å². The van der Waals surface area contributed by atoms with Gasteiger partial charge in [0, 0.05) is 23.7 Å². The largest absolute Gasteiger partial charge is 0.394 e. The maximum absolute atomic E-state index is 10.1. The molecule has 0 radical (unpaired) electrons. The molecule has 0 amide bonds. The Balaban J connectivity index is 1.46. The van der Waals surface area contributed by atoms with E-state index in [-0.39, 0.29) is 12.7 Å². The first-order valence-corrected chi connectivity index (χ1v) is 10.9. The van der Waals surface area contributed by atoms with Crippen LogP contribution in [0, 0.1) is 11.3 Å². The second-order valence-electron chi connectivity index (χ2n) is 8.09. The molecule has 3 heterocycles. The van der Waals surface area contributed by atoms with Gasteiger partial charge in [0.05, 0.1) is 12.7 Å². The number of rotatable bonds is 5. The van der Waals surface area contributed by atoms with E-state index < -0.39 is 30.9 Å². The zero-order chi connectivity index (χ0) is 22.6. The molecule has 0 spiro atoms. The van der Waals surface area contributed by atoms with Gasteiger partial charge >= 0.3 is 0 Å². The predicted octanol–water partition coefficient (Wildman–Crippen LogP) is 3.45. The molecule has 5 rings (SSSR count). The van der Waals surface area contributed by atoms with Crippen molar-refractivity contribution in [3.8, 4) is 6.07 Å². The van der Waals surface area contributed by atoms with E-state index in [1.54, 1.807) is 12.3 Å². The molecule has 2 unspecified atom stereocenters. The highest BCUT2D eigenvalue weighted by molar-refractivity contribution is 5.24. The molecule has 0 aliphatic carbocycles. The molecule has 7 heteroatoms. The molecule has 33 heavy (non-hydrogen) atoms. The van der Waals surface area contributed by atoms with E-state index in [2.05, 4.69) is 4.98 Å². The first kappa shape index (κ1) is 21.7. The fraction of sp³-hybridized carbons (Fsp3) is 0.308. The molecule has 6 atom stereocenters. The topological polar surface area (TPSA) is 93.8 Å². The van der Waals surface area contributed by atoms with Crippen molar-refractivity contribution in [1.82, 2.24) is 4.98 Å². The molecule has 2 saturated heterocycles. The Morgan fingerprint density at radius 1 is 0.758 bits per heavy atom. The summed E-state index contributed by atoms with van der Waals surface area (Å²) in [6, 6.07) is 24.9. The first-order valence-electron chi connectivity index (χ1n) is 10.9. The molecule has 2 aliphatic rings. The SMILES string of the molecule is N#Cc1ccc(C[C@H]2OC(c3ccccc3)O[C@H]3[C@H]2OC(c2ccccc2)O[C@@H]3CO)cn1. The van der Waals surface area contributed by atoms with Crippen LogP contribution in [0.1, 0.15) is 35.0 Å². The fourth-order valence-corrected chi connectivity index (χ4v) is 4.26. The maximum Gasteiger partial charge on any atom is 0.184 e. The van der Waals surface area contributed by atoms with E-state index in [4.69, 9.17) is 24.2 Å². The monoisotopic (exact) mass is 444 g/mol. The Morgan fingerprint density at radius 3 is 1.85 bits per heavy atom. The van der Waals surface area contributed by atoms with Crippen LogP contribution in [0.25, 0.3) is 0 Å². The molecule has 2 aliphatic heterocycles. The Bertz CT molecular complexity index is 1090. The smallest absolute Gasteiger partial charge is 0.184 e. The zero-order valence-corrected chi connectivity index (χ0v) is 17.9. The predicted molar refractivity (Wildman–Crippen MR) is 118 cm³/mol. The summed E-state index contributed by atoms with van der Waals surface area (Å²) in [5.74, 6) is 0. The number of aliphatic hydroxyl groups is 1. The highest BCUT2D eigenvalue weighted by atomic mass is 16.8. The summed E-state index contributed by atoms with van der Waals surface area (Å²) in [6.07, 6.45) is -1.04. The summed E-state index contributed by atoms with van der Waals surface area (Å²) in [5.41, 5.74) is 3.01. The van der Waals surface area contributed by atoms with Crippen molar-refractivity contribution >= 4 is 0 Å². The zero-order valence-electron chi connectivity index (χ0n) is 17.9. The van der Waals surface area contributed by atoms with Crippen molar-refractivity contribution in [2.24, 2.45) is 0 Å². The lowest BCUT2D eigenvalue weighted by molar-refractivity contribution is -0.384. The van der Waals surface area contributed by atoms with E-state index in [0.717, 1.165) is 16.7 Å². The maximum atomic E-state index is 10.1. The van der Waals surface area contributed by atoms with Crippen LogP contribution in [-0.4, -0.2) is 41.1 Å². The molecule has 168 valence electrons. The van der Waals surface area contributed by atoms with Crippen molar-refractivity contribution < 1.29 is 24.1 Å². The Labute approximate surface area is 192 Å². The van der Waals surface area contributed by atoms with E-state index >= 15 is 0 Å². The van der Waals surface area contributed by atoms with Crippen LogP contribution in [0.5, 0.6) is 0 Å². The average molecular weight is 444 g/mol. The standard InChI is InChI=1S/C26H24N2O5/c27-14-20-12-11-17(15-28-20)13-21-23-24(33-25(30-21)18-7-3-1-4-8-18)22(16-29)31-26(32-23)19-9-5-2-6-10-19/h1-12,15,21-26,29H,13,16H2/t21-,22-,23+,24-,25?,26?/m1/s1. The van der Waals surface area contributed by atoms with Crippen LogP contribution >= 0.6 is 0 Å². The number of aromatic nitrogens is 1. The number of hydrogen-bond donors (Lipinski definition) is 1. The summed E-state index contributed by atoms with van der Waals surface area (Å²) in [4.78, 5) is 4.18. The van der Waals surface area contributed by atoms with Gasteiger partial charge in [-0.3, -0.25) is 0 Å². The average Bonchev–Trinajstić information content (AvgIpc) is 2.89. The number of aliphatic hydroxyl groups excluding tert-OH is 1. The van der Waals surface area contributed by atoms with Gasteiger partial charge in [0.2, 0.25) is 0 Å². The highest BCUT2D eigenvalue weighted by Crippen LogP contribution is 2.41. The quantitative estimate of drug-likeness (QED) is 0.644. The second-order valence-corrected chi connectivity index (χ2v) is 8.09. The summed E-state index contributed by atoms with van der Waals surface area (Å²) in [7, 11) is 0. The number of pyridine rings is 1. The van der Waals surface area contributed by atoms with Crippen molar-refractivity contribution in [3.63, 3.8) is 0 Å². The van der Waals surface area contributed by atoms with E-state index in [1.165, 1.54) is 0 Å². The van der Waals surface area contributed by atoms with Gasteiger partial charge < -0.3 is 24.1 Å². The van der Waals surface area contributed by atoms with Crippen molar-refractivity contribution in [1.29, 1.82) is 5.26 Å². The highest BCUT2D eigenvalue weighted by Gasteiger charge is 2.50. The molecule has 3 aromatic rings. The van der Waals surface area contributed by atoms with Gasteiger partial charge in [-0.05, 0) is 11.6 Å². The first-order chi connectivity index (χ1) is 16.2. The second kappa shape index (κ2) is 9.79. The van der Waals surface area contributed by atoms with Crippen LogP contribution in [-0.2, 0) is 25.4 Å². The Kier molecular flexibility index (Phi) is 6.44. The molecular formula is C26H24N2O5. The van der Waals surface area contributed by atoms with E-state index in [0.29, 0.717) is 12.1 Å². The summed E-state index contributed by atoms with van der Waals surface area (Å²) >= 11 is 0. The van der Waals surface area contributed by atoms with Crippen LogP contribution in [0.3, 0.4) is 0 Å². The number of nitriles is 1. The third kappa shape index (κ3) is 4.67. The number of fused-ring (bicyclic) bond motifs is 1. The number of benzene rings is 2. The van der Waals surface area contributed by atoms with Gasteiger partial charge in [-0.15, -0.1) is 0 Å². The Hall–Kier alpha value is -3.12. The van der Waals surface area contributed by atoms with Gasteiger partial charge in [-0.1, -0.05) is 66.7 Å². The minimum Gasteiger partial charge on any atom is -0.394 e. The number of nitrogens with zero attached hydrogens (tertiary/aromatic N) is 2. The van der Waals surface area contributed by atoms with Gasteiger partial charge in [0.1, 0.15) is 30.1 Å². The van der Waals surface area contributed by atoms with Gasteiger partial charge in [0.15, 0.2) is 12.6 Å². The molecule has 7 nitrogen and oxygen atoms in total. The molecule has 1 aromatic heterocycles. The van der Waals surface area contributed by atoms with E-state index in [9.17, 15) is 5.11 Å². The summed E-state index contributed by atoms with van der Waals surface area (Å²) < 4.78 is 25.1. The minimum absolute atomic E-state index is 0.208. The minimum atomic E-state index is -0.647. The Morgan fingerprint density at radius 2 is 1.33 bits per heavy atom. The lowest BCUT2D eigenvalue weighted by atomic mass is 9.94. The van der Waals surface area contributed by atoms with Crippen LogP contribution in [0.4, 0.5) is 0 Å². The van der Waals surface area contributed by atoms with Crippen molar-refractivity contribution in [2.75, 3.05) is 6.61 Å². The lowest BCUT2D eigenvalue weighted by Crippen LogP contribution is -2.59. The third-order valence-electron chi connectivity index (χ3n) is 5.91. The third-order valence-corrected chi connectivity index (χ3v) is 5.91. The molecular weight excluding hydrogens is 420 g/mol. The molecule has 2 aromatic carbocycles. The van der Waals surface area contributed by atoms with Crippen LogP contribution in [0.2, 0.25) is 0 Å². The van der Waals surface area contributed by atoms with Gasteiger partial charge in [-0.2, -0.15) is 5.26 Å². The van der Waals surface area contributed by atoms with Gasteiger partial charge in [0.25, 0.3) is 0 Å². The fourth-order valence-electron chi connectivity index (χ4n) is 4.26. The van der Waals surface area contributed by atoms with Crippen molar-refractivity contribution in [2.45, 2.75) is 43.4 Å². The normalized spacial score (nSPS) is 29.1.